The van der Waals surface area contributed by atoms with Crippen LogP contribution in [-0.4, -0.2) is 37.7 Å². The number of hydrogen-bond acceptors (Lipinski definition) is 5. The van der Waals surface area contributed by atoms with Crippen LogP contribution in [0, 0.1) is 5.92 Å². The lowest BCUT2D eigenvalue weighted by atomic mass is 10.2. The summed E-state index contributed by atoms with van der Waals surface area (Å²) in [6, 6.07) is 4.97. The first-order chi connectivity index (χ1) is 11.5. The highest BCUT2D eigenvalue weighted by molar-refractivity contribution is 5.92. The Morgan fingerprint density at radius 1 is 1.17 bits per heavy atom. The largest absolute Gasteiger partial charge is 0.490 e. The predicted molar refractivity (Wildman–Crippen MR) is 89.4 cm³/mol. The quantitative estimate of drug-likeness (QED) is 0.702. The monoisotopic (exact) mass is 335 g/mol. The Morgan fingerprint density at radius 3 is 2.46 bits per heavy atom. The minimum atomic E-state index is -0.562. The van der Waals surface area contributed by atoms with Crippen LogP contribution in [0.15, 0.2) is 18.2 Å². The van der Waals surface area contributed by atoms with Crippen molar-refractivity contribution >= 4 is 11.9 Å². The van der Waals surface area contributed by atoms with Crippen molar-refractivity contribution in [2.75, 3.05) is 19.8 Å². The first-order valence-electron chi connectivity index (χ1n) is 8.41. The molecule has 0 radical (unpaired) electrons. The summed E-state index contributed by atoms with van der Waals surface area (Å²) in [6.07, 6.45) is 2.29. The van der Waals surface area contributed by atoms with Gasteiger partial charge in [0.15, 0.2) is 18.1 Å². The average Bonchev–Trinajstić information content (AvgIpc) is 3.39. The molecular formula is C18H25NO5. The van der Waals surface area contributed by atoms with Crippen molar-refractivity contribution in [1.29, 1.82) is 0 Å². The van der Waals surface area contributed by atoms with Crippen LogP contribution in [0.3, 0.4) is 0 Å². The zero-order valence-electron chi connectivity index (χ0n) is 14.5. The molecular weight excluding hydrogens is 310 g/mol. The average molecular weight is 335 g/mol. The van der Waals surface area contributed by atoms with Crippen molar-refractivity contribution < 1.29 is 23.8 Å². The van der Waals surface area contributed by atoms with Crippen molar-refractivity contribution in [1.82, 2.24) is 5.32 Å². The van der Waals surface area contributed by atoms with Crippen LogP contribution in [0.25, 0.3) is 0 Å². The van der Waals surface area contributed by atoms with Gasteiger partial charge < -0.3 is 19.5 Å². The van der Waals surface area contributed by atoms with Gasteiger partial charge in [0.1, 0.15) is 0 Å². The molecule has 1 N–H and O–H groups in total. The summed E-state index contributed by atoms with van der Waals surface area (Å²) in [7, 11) is 0. The van der Waals surface area contributed by atoms with Crippen molar-refractivity contribution in [2.24, 2.45) is 5.92 Å². The third-order valence-corrected chi connectivity index (χ3v) is 3.83. The van der Waals surface area contributed by atoms with Gasteiger partial charge >= 0.3 is 5.97 Å². The van der Waals surface area contributed by atoms with E-state index >= 15 is 0 Å². The SMILES string of the molecule is CCOc1ccc(C(=O)OCC(=O)N[C@H](C)C2CC2)cc1OCC. The number of ether oxygens (including phenoxy) is 3. The van der Waals surface area contributed by atoms with E-state index in [2.05, 4.69) is 5.32 Å². The van der Waals surface area contributed by atoms with Gasteiger partial charge in [-0.1, -0.05) is 0 Å². The fraction of sp³-hybridized carbons (Fsp3) is 0.556. The zero-order valence-corrected chi connectivity index (χ0v) is 14.5. The van der Waals surface area contributed by atoms with E-state index < -0.39 is 5.97 Å². The Bertz CT molecular complexity index is 583. The van der Waals surface area contributed by atoms with Crippen molar-refractivity contribution in [3.05, 3.63) is 23.8 Å². The Balaban J connectivity index is 1.90. The van der Waals surface area contributed by atoms with E-state index in [0.717, 1.165) is 12.8 Å². The number of amides is 1. The van der Waals surface area contributed by atoms with Crippen LogP contribution in [0.4, 0.5) is 0 Å². The van der Waals surface area contributed by atoms with Gasteiger partial charge in [-0.25, -0.2) is 4.79 Å². The maximum absolute atomic E-state index is 12.1. The molecule has 0 aliphatic heterocycles. The van der Waals surface area contributed by atoms with Crippen molar-refractivity contribution in [2.45, 2.75) is 39.7 Å². The van der Waals surface area contributed by atoms with Gasteiger partial charge in [0.25, 0.3) is 5.91 Å². The van der Waals surface area contributed by atoms with Gasteiger partial charge in [0.2, 0.25) is 0 Å². The lowest BCUT2D eigenvalue weighted by Crippen LogP contribution is -2.37. The van der Waals surface area contributed by atoms with E-state index in [1.807, 2.05) is 20.8 Å². The molecule has 1 saturated carbocycles. The fourth-order valence-corrected chi connectivity index (χ4v) is 2.40. The second-order valence-corrected chi connectivity index (χ2v) is 5.80. The van der Waals surface area contributed by atoms with Gasteiger partial charge in [-0.3, -0.25) is 4.79 Å². The number of carbonyl (C=O) groups excluding carboxylic acids is 2. The van der Waals surface area contributed by atoms with Gasteiger partial charge in [-0.05, 0) is 57.7 Å². The number of rotatable bonds is 9. The molecule has 132 valence electrons. The van der Waals surface area contributed by atoms with E-state index in [1.54, 1.807) is 18.2 Å². The van der Waals surface area contributed by atoms with Gasteiger partial charge in [0.05, 0.1) is 18.8 Å². The van der Waals surface area contributed by atoms with Crippen LogP contribution in [0.1, 0.15) is 44.0 Å². The summed E-state index contributed by atoms with van der Waals surface area (Å²) >= 11 is 0. The lowest BCUT2D eigenvalue weighted by molar-refractivity contribution is -0.124. The first kappa shape index (κ1) is 18.1. The van der Waals surface area contributed by atoms with Gasteiger partial charge in [-0.2, -0.15) is 0 Å². The van der Waals surface area contributed by atoms with E-state index in [1.165, 1.54) is 0 Å². The Labute approximate surface area is 142 Å². The van der Waals surface area contributed by atoms with Crippen LogP contribution in [0.5, 0.6) is 11.5 Å². The third-order valence-electron chi connectivity index (χ3n) is 3.83. The fourth-order valence-electron chi connectivity index (χ4n) is 2.40. The molecule has 1 amide bonds. The van der Waals surface area contributed by atoms with E-state index in [-0.39, 0.29) is 18.6 Å². The second kappa shape index (κ2) is 8.57. The number of esters is 1. The zero-order chi connectivity index (χ0) is 17.5. The number of carbonyl (C=O) groups is 2. The van der Waals surface area contributed by atoms with E-state index in [4.69, 9.17) is 14.2 Å². The molecule has 2 rings (SSSR count). The molecule has 0 spiro atoms. The summed E-state index contributed by atoms with van der Waals surface area (Å²) < 4.78 is 16.0. The van der Waals surface area contributed by atoms with Crippen molar-refractivity contribution in [3.8, 4) is 11.5 Å². The number of benzene rings is 1. The third kappa shape index (κ3) is 5.15. The summed E-state index contributed by atoms with van der Waals surface area (Å²) in [5.74, 6) is 0.781. The molecule has 0 unspecified atom stereocenters. The molecule has 1 fully saturated rings. The molecule has 0 heterocycles. The molecule has 6 heteroatoms. The predicted octanol–water partition coefficient (Wildman–Crippen LogP) is 2.56. The molecule has 1 aliphatic carbocycles. The minimum Gasteiger partial charge on any atom is -0.490 e. The number of hydrogen-bond donors (Lipinski definition) is 1. The lowest BCUT2D eigenvalue weighted by Gasteiger charge is -2.14. The molecule has 1 aliphatic rings. The molecule has 1 aromatic carbocycles. The van der Waals surface area contributed by atoms with Crippen LogP contribution in [0.2, 0.25) is 0 Å². The summed E-state index contributed by atoms with van der Waals surface area (Å²) in [5.41, 5.74) is 0.324. The standard InChI is InChI=1S/C18H25NO5/c1-4-22-15-9-8-14(10-16(15)23-5-2)18(21)24-11-17(20)19-12(3)13-6-7-13/h8-10,12-13H,4-7,11H2,1-3H3,(H,19,20)/t12-/m1/s1. The van der Waals surface area contributed by atoms with Crippen LogP contribution >= 0.6 is 0 Å². The van der Waals surface area contributed by atoms with Crippen LogP contribution in [-0.2, 0) is 9.53 Å². The molecule has 6 nitrogen and oxygen atoms in total. The topological polar surface area (TPSA) is 73.9 Å². The van der Waals surface area contributed by atoms with Crippen LogP contribution < -0.4 is 14.8 Å². The smallest absolute Gasteiger partial charge is 0.338 e. The minimum absolute atomic E-state index is 0.131. The van der Waals surface area contributed by atoms with Crippen molar-refractivity contribution in [3.63, 3.8) is 0 Å². The molecule has 1 aromatic rings. The maximum Gasteiger partial charge on any atom is 0.338 e. The normalized spacial score (nSPS) is 14.6. The van der Waals surface area contributed by atoms with Gasteiger partial charge in [0, 0.05) is 6.04 Å². The highest BCUT2D eigenvalue weighted by Crippen LogP contribution is 2.32. The molecule has 0 bridgehead atoms. The maximum atomic E-state index is 12.1. The molecule has 0 aromatic heterocycles. The molecule has 1 atom stereocenters. The first-order valence-corrected chi connectivity index (χ1v) is 8.41. The molecule has 24 heavy (non-hydrogen) atoms. The highest BCUT2D eigenvalue weighted by atomic mass is 16.5. The highest BCUT2D eigenvalue weighted by Gasteiger charge is 2.29. The Kier molecular flexibility index (Phi) is 6.46. The summed E-state index contributed by atoms with van der Waals surface area (Å²) in [4.78, 5) is 23.9. The summed E-state index contributed by atoms with van der Waals surface area (Å²) in [6.45, 7) is 6.37. The van der Waals surface area contributed by atoms with Gasteiger partial charge in [-0.15, -0.1) is 0 Å². The van der Waals surface area contributed by atoms with E-state index in [0.29, 0.717) is 36.2 Å². The second-order valence-electron chi connectivity index (χ2n) is 5.80. The number of nitrogens with one attached hydrogen (secondary N) is 1. The Morgan fingerprint density at radius 2 is 1.83 bits per heavy atom. The summed E-state index contributed by atoms with van der Waals surface area (Å²) in [5, 5.41) is 2.85. The van der Waals surface area contributed by atoms with E-state index in [9.17, 15) is 9.59 Å². The molecule has 0 saturated heterocycles. The Hall–Kier alpha value is -2.24.